The number of carbonyl (C=O) groups is 1. The molecule has 2 rings (SSSR count). The highest BCUT2D eigenvalue weighted by Gasteiger charge is 2.39. The molecule has 0 unspecified atom stereocenters. The summed E-state index contributed by atoms with van der Waals surface area (Å²) >= 11 is 1.79. The molecule has 21 heavy (non-hydrogen) atoms. The minimum atomic E-state index is -0.691. The van der Waals surface area contributed by atoms with Gasteiger partial charge in [0.25, 0.3) is 5.91 Å². The standard InChI is InChI=1S/C15H22N2O2S.ClH/c1-19-15(7-9-16-10-8-15)14(18)17-13-5-3-12(4-6-13)11-20-2;/h3-6,16H,7-11H2,1-2H3,(H,17,18);1H. The second-order valence-corrected chi connectivity index (χ2v) is 5.90. The van der Waals surface area contributed by atoms with E-state index in [1.165, 1.54) is 5.56 Å². The van der Waals surface area contributed by atoms with E-state index in [9.17, 15) is 4.79 Å². The number of hydrogen-bond donors (Lipinski definition) is 2. The molecule has 1 aromatic carbocycles. The molecule has 0 aromatic heterocycles. The smallest absolute Gasteiger partial charge is 0.256 e. The van der Waals surface area contributed by atoms with E-state index < -0.39 is 5.60 Å². The molecule has 1 fully saturated rings. The van der Waals surface area contributed by atoms with Gasteiger partial charge in [0, 0.05) is 18.6 Å². The Morgan fingerprint density at radius 3 is 2.48 bits per heavy atom. The highest BCUT2D eigenvalue weighted by atomic mass is 35.5. The molecule has 2 N–H and O–H groups in total. The predicted octanol–water partition coefficient (Wildman–Crippen LogP) is 2.68. The van der Waals surface area contributed by atoms with Crippen LogP contribution in [-0.2, 0) is 15.3 Å². The number of benzene rings is 1. The third-order valence-electron chi connectivity index (χ3n) is 3.74. The Labute approximate surface area is 136 Å². The number of carbonyl (C=O) groups excluding carboxylic acids is 1. The van der Waals surface area contributed by atoms with Gasteiger partial charge in [0.2, 0.25) is 0 Å². The number of rotatable bonds is 5. The number of nitrogens with one attached hydrogen (secondary N) is 2. The van der Waals surface area contributed by atoms with Crippen molar-refractivity contribution in [1.82, 2.24) is 5.32 Å². The lowest BCUT2D eigenvalue weighted by Crippen LogP contribution is -2.51. The van der Waals surface area contributed by atoms with Crippen LogP contribution in [-0.4, -0.2) is 38.0 Å². The van der Waals surface area contributed by atoms with Crippen LogP contribution in [0.25, 0.3) is 0 Å². The summed E-state index contributed by atoms with van der Waals surface area (Å²) in [5.41, 5.74) is 1.40. The number of methoxy groups -OCH3 is 1. The first-order chi connectivity index (χ1) is 9.70. The Balaban J connectivity index is 0.00000220. The molecule has 0 radical (unpaired) electrons. The Morgan fingerprint density at radius 2 is 1.95 bits per heavy atom. The van der Waals surface area contributed by atoms with Gasteiger partial charge in [-0.05, 0) is 49.9 Å². The summed E-state index contributed by atoms with van der Waals surface area (Å²) in [7, 11) is 1.62. The van der Waals surface area contributed by atoms with E-state index in [4.69, 9.17) is 4.74 Å². The van der Waals surface area contributed by atoms with E-state index in [0.717, 1.165) is 24.5 Å². The van der Waals surface area contributed by atoms with Crippen LogP contribution in [0.2, 0.25) is 0 Å². The largest absolute Gasteiger partial charge is 0.368 e. The van der Waals surface area contributed by atoms with Crippen LogP contribution in [0.5, 0.6) is 0 Å². The quantitative estimate of drug-likeness (QED) is 0.871. The van der Waals surface area contributed by atoms with Crippen LogP contribution in [0.1, 0.15) is 18.4 Å². The first-order valence-electron chi connectivity index (χ1n) is 6.85. The second-order valence-electron chi connectivity index (χ2n) is 5.03. The van der Waals surface area contributed by atoms with Gasteiger partial charge < -0.3 is 15.4 Å². The molecule has 4 nitrogen and oxygen atoms in total. The van der Waals surface area contributed by atoms with Crippen molar-refractivity contribution in [3.63, 3.8) is 0 Å². The zero-order chi connectivity index (χ0) is 14.4. The molecular weight excluding hydrogens is 308 g/mol. The number of thioether (sulfide) groups is 1. The van der Waals surface area contributed by atoms with Crippen molar-refractivity contribution < 1.29 is 9.53 Å². The maximum Gasteiger partial charge on any atom is 0.256 e. The van der Waals surface area contributed by atoms with Crippen molar-refractivity contribution in [2.75, 3.05) is 31.8 Å². The first kappa shape index (κ1) is 18.3. The number of halogens is 1. The molecule has 0 bridgehead atoms. The normalized spacial score (nSPS) is 16.9. The molecule has 1 aliphatic rings. The van der Waals surface area contributed by atoms with Crippen molar-refractivity contribution in [3.05, 3.63) is 29.8 Å². The zero-order valence-electron chi connectivity index (χ0n) is 12.5. The van der Waals surface area contributed by atoms with Crippen LogP contribution in [0.15, 0.2) is 24.3 Å². The van der Waals surface area contributed by atoms with Gasteiger partial charge in [0.05, 0.1) is 0 Å². The summed E-state index contributed by atoms with van der Waals surface area (Å²) in [5.74, 6) is 0.946. The average molecular weight is 331 g/mol. The minimum Gasteiger partial charge on any atom is -0.368 e. The fraction of sp³-hybridized carbons (Fsp3) is 0.533. The molecule has 0 atom stereocenters. The fourth-order valence-electron chi connectivity index (χ4n) is 2.45. The summed E-state index contributed by atoms with van der Waals surface area (Å²) in [5, 5.41) is 6.23. The van der Waals surface area contributed by atoms with Gasteiger partial charge in [-0.2, -0.15) is 11.8 Å². The van der Waals surface area contributed by atoms with Crippen LogP contribution >= 0.6 is 24.2 Å². The SMILES string of the molecule is COC1(C(=O)Nc2ccc(CSC)cc2)CCNCC1.Cl. The van der Waals surface area contributed by atoms with Crippen molar-refractivity contribution in [2.45, 2.75) is 24.2 Å². The third-order valence-corrected chi connectivity index (χ3v) is 4.36. The molecule has 0 saturated carbocycles. The van der Waals surface area contributed by atoms with E-state index in [2.05, 4.69) is 16.9 Å². The van der Waals surface area contributed by atoms with Crippen molar-refractivity contribution >= 4 is 35.8 Å². The van der Waals surface area contributed by atoms with Gasteiger partial charge in [-0.25, -0.2) is 0 Å². The summed E-state index contributed by atoms with van der Waals surface area (Å²) in [4.78, 5) is 12.5. The van der Waals surface area contributed by atoms with Gasteiger partial charge >= 0.3 is 0 Å². The maximum atomic E-state index is 12.5. The number of amides is 1. The van der Waals surface area contributed by atoms with E-state index in [0.29, 0.717) is 12.8 Å². The van der Waals surface area contributed by atoms with Gasteiger partial charge in [-0.1, -0.05) is 12.1 Å². The van der Waals surface area contributed by atoms with E-state index >= 15 is 0 Å². The molecule has 0 aliphatic carbocycles. The van der Waals surface area contributed by atoms with Crippen LogP contribution in [0, 0.1) is 0 Å². The Kier molecular flexibility index (Phi) is 7.52. The summed E-state index contributed by atoms with van der Waals surface area (Å²) in [6.45, 7) is 1.63. The van der Waals surface area contributed by atoms with Crippen molar-refractivity contribution in [3.8, 4) is 0 Å². The first-order valence-corrected chi connectivity index (χ1v) is 8.25. The van der Waals surface area contributed by atoms with Crippen LogP contribution in [0.3, 0.4) is 0 Å². The minimum absolute atomic E-state index is 0. The third kappa shape index (κ3) is 4.61. The molecule has 0 spiro atoms. The Hall–Kier alpha value is -0.750. The lowest BCUT2D eigenvalue weighted by atomic mass is 9.91. The predicted molar refractivity (Wildman–Crippen MR) is 91.4 cm³/mol. The summed E-state index contributed by atoms with van der Waals surface area (Å²) < 4.78 is 5.52. The van der Waals surface area contributed by atoms with E-state index in [-0.39, 0.29) is 18.3 Å². The lowest BCUT2D eigenvalue weighted by molar-refractivity contribution is -0.140. The Bertz CT molecular complexity index is 447. The molecule has 1 aromatic rings. The molecule has 1 heterocycles. The summed E-state index contributed by atoms with van der Waals surface area (Å²) in [6, 6.07) is 8.00. The molecular formula is C15H23ClN2O2S. The number of piperidine rings is 1. The molecule has 1 amide bonds. The van der Waals surface area contributed by atoms with Gasteiger partial charge in [0.15, 0.2) is 0 Å². The maximum absolute atomic E-state index is 12.5. The molecule has 118 valence electrons. The lowest BCUT2D eigenvalue weighted by Gasteiger charge is -2.34. The topological polar surface area (TPSA) is 50.4 Å². The number of anilines is 1. The van der Waals surface area contributed by atoms with Crippen molar-refractivity contribution in [2.24, 2.45) is 0 Å². The highest BCUT2D eigenvalue weighted by molar-refractivity contribution is 7.97. The monoisotopic (exact) mass is 330 g/mol. The number of ether oxygens (including phenoxy) is 1. The van der Waals surface area contributed by atoms with Gasteiger partial charge in [0.1, 0.15) is 5.60 Å². The fourth-order valence-corrected chi connectivity index (χ4v) is 2.98. The molecule has 1 aliphatic heterocycles. The van der Waals surface area contributed by atoms with E-state index in [1.54, 1.807) is 18.9 Å². The highest BCUT2D eigenvalue weighted by Crippen LogP contribution is 2.24. The second kappa shape index (κ2) is 8.63. The van der Waals surface area contributed by atoms with Gasteiger partial charge in [-0.3, -0.25) is 4.79 Å². The van der Waals surface area contributed by atoms with Gasteiger partial charge in [-0.15, -0.1) is 12.4 Å². The molecule has 1 saturated heterocycles. The van der Waals surface area contributed by atoms with E-state index in [1.807, 2.05) is 24.3 Å². The molecule has 6 heteroatoms. The summed E-state index contributed by atoms with van der Waals surface area (Å²) in [6.07, 6.45) is 3.49. The average Bonchev–Trinajstić information content (AvgIpc) is 2.50. The van der Waals surface area contributed by atoms with Crippen LogP contribution < -0.4 is 10.6 Å². The zero-order valence-corrected chi connectivity index (χ0v) is 14.1. The number of hydrogen-bond acceptors (Lipinski definition) is 4. The Morgan fingerprint density at radius 1 is 1.33 bits per heavy atom. The van der Waals surface area contributed by atoms with Crippen LogP contribution in [0.4, 0.5) is 5.69 Å². The van der Waals surface area contributed by atoms with Crippen molar-refractivity contribution in [1.29, 1.82) is 0 Å².